The SMILES string of the molecule is C=C1CC(=O)N([N+]2=C(Oc3ccccc3)C=CC2=O)C1=O. The van der Waals surface area contributed by atoms with Gasteiger partial charge in [-0.05, 0) is 17.1 Å². The van der Waals surface area contributed by atoms with Crippen LogP contribution in [0.4, 0.5) is 0 Å². The second-order valence-corrected chi connectivity index (χ2v) is 4.53. The number of hydrogen-bond acceptors (Lipinski definition) is 4. The fourth-order valence-electron chi connectivity index (χ4n) is 2.07. The molecule has 0 spiro atoms. The summed E-state index contributed by atoms with van der Waals surface area (Å²) in [6, 6.07) is 8.77. The van der Waals surface area contributed by atoms with Crippen LogP contribution in [0.15, 0.2) is 54.6 Å². The lowest BCUT2D eigenvalue weighted by atomic mass is 10.3. The van der Waals surface area contributed by atoms with Crippen LogP contribution in [0.3, 0.4) is 0 Å². The fraction of sp³-hybridized carbons (Fsp3) is 0.0667. The monoisotopic (exact) mass is 283 g/mol. The lowest BCUT2D eigenvalue weighted by Gasteiger charge is -2.08. The van der Waals surface area contributed by atoms with Crippen LogP contribution in [-0.4, -0.2) is 33.3 Å². The first-order valence-electron chi connectivity index (χ1n) is 6.25. The van der Waals surface area contributed by atoms with Crippen molar-refractivity contribution in [3.8, 4) is 5.75 Å². The summed E-state index contributed by atoms with van der Waals surface area (Å²) >= 11 is 0. The molecule has 21 heavy (non-hydrogen) atoms. The van der Waals surface area contributed by atoms with Crippen LogP contribution < -0.4 is 4.74 Å². The summed E-state index contributed by atoms with van der Waals surface area (Å²) in [4.78, 5) is 35.8. The third-order valence-electron chi connectivity index (χ3n) is 3.05. The second kappa shape index (κ2) is 4.82. The standard InChI is InChI=1S/C15H11N2O4/c1-10-9-13(19)17(15(10)20)16-12(18)7-8-14(16)21-11-5-3-2-4-6-11/h2-8H,1,9H2/q+1. The van der Waals surface area contributed by atoms with Crippen molar-refractivity contribution in [1.29, 1.82) is 0 Å². The molecule has 6 nitrogen and oxygen atoms in total. The maximum Gasteiger partial charge on any atom is 0.444 e. The zero-order valence-electron chi connectivity index (χ0n) is 11.0. The summed E-state index contributed by atoms with van der Waals surface area (Å²) < 4.78 is 6.49. The van der Waals surface area contributed by atoms with E-state index in [0.29, 0.717) is 5.75 Å². The van der Waals surface area contributed by atoms with Crippen LogP contribution in [0, 0.1) is 0 Å². The topological polar surface area (TPSA) is 66.7 Å². The van der Waals surface area contributed by atoms with E-state index in [1.807, 2.05) is 6.07 Å². The number of carbonyl (C=O) groups excluding carboxylic acids is 3. The lowest BCUT2D eigenvalue weighted by Crippen LogP contribution is -2.44. The smallest absolute Gasteiger partial charge is 0.403 e. The predicted octanol–water partition coefficient (Wildman–Crippen LogP) is 0.803. The van der Waals surface area contributed by atoms with Gasteiger partial charge in [-0.2, -0.15) is 0 Å². The van der Waals surface area contributed by atoms with E-state index in [4.69, 9.17) is 4.74 Å². The fourth-order valence-corrected chi connectivity index (χ4v) is 2.07. The summed E-state index contributed by atoms with van der Waals surface area (Å²) in [5.41, 5.74) is 0.152. The quantitative estimate of drug-likeness (QED) is 0.457. The van der Waals surface area contributed by atoms with Gasteiger partial charge in [0.05, 0.1) is 18.6 Å². The normalized spacial score (nSPS) is 18.2. The number of nitrogens with zero attached hydrogens (tertiary/aromatic N) is 2. The van der Waals surface area contributed by atoms with E-state index < -0.39 is 17.7 Å². The van der Waals surface area contributed by atoms with Crippen LogP contribution in [0.2, 0.25) is 0 Å². The third-order valence-corrected chi connectivity index (χ3v) is 3.05. The zero-order valence-corrected chi connectivity index (χ0v) is 11.0. The molecule has 6 heteroatoms. The van der Waals surface area contributed by atoms with Crippen LogP contribution in [0.1, 0.15) is 6.42 Å². The number of imide groups is 1. The van der Waals surface area contributed by atoms with Gasteiger partial charge in [-0.1, -0.05) is 24.8 Å². The highest BCUT2D eigenvalue weighted by atomic mass is 16.5. The van der Waals surface area contributed by atoms with Gasteiger partial charge in [0.15, 0.2) is 0 Å². The molecule has 0 aliphatic carbocycles. The average molecular weight is 283 g/mol. The molecule has 3 rings (SSSR count). The molecule has 0 unspecified atom stereocenters. The van der Waals surface area contributed by atoms with E-state index in [-0.39, 0.29) is 17.9 Å². The molecule has 104 valence electrons. The first-order valence-corrected chi connectivity index (χ1v) is 6.25. The van der Waals surface area contributed by atoms with E-state index in [9.17, 15) is 14.4 Å². The van der Waals surface area contributed by atoms with Crippen molar-refractivity contribution in [2.75, 3.05) is 0 Å². The van der Waals surface area contributed by atoms with Crippen LogP contribution in [0.5, 0.6) is 5.75 Å². The van der Waals surface area contributed by atoms with Crippen molar-refractivity contribution in [2.45, 2.75) is 6.42 Å². The number of carbonyl (C=O) groups is 3. The number of hydrazone groups is 1. The van der Waals surface area contributed by atoms with Gasteiger partial charge in [0.25, 0.3) is 5.91 Å². The van der Waals surface area contributed by atoms with E-state index in [1.165, 1.54) is 12.2 Å². The average Bonchev–Trinajstić information content (AvgIpc) is 2.93. The number of benzene rings is 1. The van der Waals surface area contributed by atoms with Gasteiger partial charge in [-0.15, -0.1) is 0 Å². The Labute approximate surface area is 120 Å². The van der Waals surface area contributed by atoms with Gasteiger partial charge in [0, 0.05) is 10.3 Å². The largest absolute Gasteiger partial charge is 0.444 e. The number of ether oxygens (including phenoxy) is 1. The molecule has 2 aliphatic rings. The maximum absolute atomic E-state index is 12.0. The van der Waals surface area contributed by atoms with Crippen LogP contribution in [0.25, 0.3) is 0 Å². The molecule has 0 saturated carbocycles. The molecule has 1 saturated heterocycles. The Balaban J connectivity index is 1.99. The maximum atomic E-state index is 12.0. The van der Waals surface area contributed by atoms with Crippen LogP contribution in [-0.2, 0) is 14.4 Å². The minimum absolute atomic E-state index is 0.0960. The highest BCUT2D eigenvalue weighted by molar-refractivity contribution is 6.13. The van der Waals surface area contributed by atoms with Gasteiger partial charge < -0.3 is 4.74 Å². The number of para-hydroxylation sites is 1. The van der Waals surface area contributed by atoms with Crippen molar-refractivity contribution >= 4 is 23.6 Å². The molecular weight excluding hydrogens is 272 g/mol. The van der Waals surface area contributed by atoms with Crippen molar-refractivity contribution < 1.29 is 23.8 Å². The van der Waals surface area contributed by atoms with E-state index in [2.05, 4.69) is 6.58 Å². The molecule has 0 radical (unpaired) electrons. The molecule has 1 fully saturated rings. The Morgan fingerprint density at radius 2 is 1.81 bits per heavy atom. The Kier molecular flexibility index (Phi) is 2.98. The molecule has 2 heterocycles. The molecule has 0 bridgehead atoms. The zero-order chi connectivity index (χ0) is 15.0. The Morgan fingerprint density at radius 1 is 1.10 bits per heavy atom. The first-order chi connectivity index (χ1) is 10.1. The summed E-state index contributed by atoms with van der Waals surface area (Å²) in [6.45, 7) is 3.52. The third kappa shape index (κ3) is 2.16. The molecular formula is C15H11N2O4+. The summed E-state index contributed by atoms with van der Waals surface area (Å²) in [6.07, 6.45) is 2.55. The molecule has 0 aromatic heterocycles. The molecule has 1 aromatic carbocycles. The Bertz CT molecular complexity index is 731. The van der Waals surface area contributed by atoms with E-state index >= 15 is 0 Å². The molecule has 0 atom stereocenters. The summed E-state index contributed by atoms with van der Waals surface area (Å²) in [7, 11) is 0. The van der Waals surface area contributed by atoms with Crippen LogP contribution >= 0.6 is 0 Å². The Morgan fingerprint density at radius 3 is 2.43 bits per heavy atom. The molecule has 1 aromatic rings. The lowest BCUT2D eigenvalue weighted by molar-refractivity contribution is -0.575. The highest BCUT2D eigenvalue weighted by Gasteiger charge is 2.47. The number of amides is 3. The molecule has 0 N–H and O–H groups in total. The predicted molar refractivity (Wildman–Crippen MR) is 72.1 cm³/mol. The number of hydrazine groups is 1. The second-order valence-electron chi connectivity index (χ2n) is 4.53. The van der Waals surface area contributed by atoms with Crippen molar-refractivity contribution in [1.82, 2.24) is 5.01 Å². The highest BCUT2D eigenvalue weighted by Crippen LogP contribution is 2.20. The summed E-state index contributed by atoms with van der Waals surface area (Å²) in [5, 5.41) is 0.767. The minimum atomic E-state index is -0.591. The van der Waals surface area contributed by atoms with E-state index in [1.54, 1.807) is 24.3 Å². The van der Waals surface area contributed by atoms with Gasteiger partial charge >= 0.3 is 17.7 Å². The Hall–Kier alpha value is -3.02. The van der Waals surface area contributed by atoms with Gasteiger partial charge in [0.2, 0.25) is 0 Å². The van der Waals surface area contributed by atoms with Gasteiger partial charge in [-0.3, -0.25) is 9.59 Å². The van der Waals surface area contributed by atoms with Gasteiger partial charge in [-0.25, -0.2) is 4.79 Å². The first kappa shape index (κ1) is 13.0. The molecule has 3 amide bonds. The number of rotatable bonds is 2. The van der Waals surface area contributed by atoms with Crippen molar-refractivity contribution in [3.63, 3.8) is 0 Å². The van der Waals surface area contributed by atoms with E-state index in [0.717, 1.165) is 9.69 Å². The molecule has 2 aliphatic heterocycles. The van der Waals surface area contributed by atoms with Crippen molar-refractivity contribution in [3.05, 3.63) is 54.6 Å². The minimum Gasteiger partial charge on any atom is -0.403 e. The summed E-state index contributed by atoms with van der Waals surface area (Å²) in [5.74, 6) is -1.02. The van der Waals surface area contributed by atoms with Gasteiger partial charge in [0.1, 0.15) is 5.75 Å². The number of hydrogen-bond donors (Lipinski definition) is 0. The van der Waals surface area contributed by atoms with Crippen molar-refractivity contribution in [2.24, 2.45) is 0 Å².